The van der Waals surface area contributed by atoms with E-state index in [-0.39, 0.29) is 18.4 Å². The highest BCUT2D eigenvalue weighted by Gasteiger charge is 2.40. The molecule has 1 rings (SSSR count). The lowest BCUT2D eigenvalue weighted by Gasteiger charge is -2.41. The van der Waals surface area contributed by atoms with E-state index in [1.807, 2.05) is 0 Å². The molecule has 4 heteroatoms. The summed E-state index contributed by atoms with van der Waals surface area (Å²) in [5.74, 6) is -0.0244. The van der Waals surface area contributed by atoms with Crippen molar-refractivity contribution < 1.29 is 9.59 Å². The molecule has 0 aromatic rings. The summed E-state index contributed by atoms with van der Waals surface area (Å²) in [4.78, 5) is 25.1. The average Bonchev–Trinajstić information content (AvgIpc) is 2.23. The number of carbonyl (C=O) groups is 2. The topological polar surface area (TPSA) is 49.4 Å². The van der Waals surface area contributed by atoms with Gasteiger partial charge in [-0.25, -0.2) is 0 Å². The lowest BCUT2D eigenvalue weighted by Crippen LogP contribution is -2.64. The smallest absolute Gasteiger partial charge is 0.245 e. The monoisotopic (exact) mass is 226 g/mol. The molecule has 0 atom stereocenters. The molecule has 92 valence electrons. The van der Waals surface area contributed by atoms with Gasteiger partial charge in [-0.05, 0) is 20.3 Å². The summed E-state index contributed by atoms with van der Waals surface area (Å²) in [6.07, 6.45) is 4.47. The molecule has 0 aromatic heterocycles. The first-order chi connectivity index (χ1) is 7.50. The van der Waals surface area contributed by atoms with Gasteiger partial charge in [0.15, 0.2) is 0 Å². The van der Waals surface area contributed by atoms with Crippen molar-refractivity contribution in [2.24, 2.45) is 0 Å². The van der Waals surface area contributed by atoms with Crippen LogP contribution in [0.2, 0.25) is 0 Å². The highest BCUT2D eigenvalue weighted by atomic mass is 16.2. The SMILES string of the molecule is CCCCCCN1C(=O)CNC(=O)C1(C)C. The van der Waals surface area contributed by atoms with Crippen molar-refractivity contribution in [1.82, 2.24) is 10.2 Å². The van der Waals surface area contributed by atoms with E-state index >= 15 is 0 Å². The van der Waals surface area contributed by atoms with Crippen LogP contribution in [0.3, 0.4) is 0 Å². The zero-order valence-corrected chi connectivity index (χ0v) is 10.5. The molecule has 0 spiro atoms. The molecule has 0 bridgehead atoms. The number of rotatable bonds is 5. The first-order valence-electron chi connectivity index (χ1n) is 6.09. The van der Waals surface area contributed by atoms with Crippen molar-refractivity contribution in [2.75, 3.05) is 13.1 Å². The maximum absolute atomic E-state index is 11.7. The summed E-state index contributed by atoms with van der Waals surface area (Å²) in [5, 5.41) is 2.62. The van der Waals surface area contributed by atoms with E-state index in [0.29, 0.717) is 6.54 Å². The highest BCUT2D eigenvalue weighted by molar-refractivity contribution is 5.97. The summed E-state index contributed by atoms with van der Waals surface area (Å²) in [5.41, 5.74) is -0.693. The van der Waals surface area contributed by atoms with Crippen molar-refractivity contribution >= 4 is 11.8 Å². The summed E-state index contributed by atoms with van der Waals surface area (Å²) in [6.45, 7) is 6.61. The zero-order chi connectivity index (χ0) is 12.2. The van der Waals surface area contributed by atoms with Crippen molar-refractivity contribution in [3.8, 4) is 0 Å². The van der Waals surface area contributed by atoms with Gasteiger partial charge in [-0.3, -0.25) is 9.59 Å². The van der Waals surface area contributed by atoms with Crippen LogP contribution in [0.15, 0.2) is 0 Å². The van der Waals surface area contributed by atoms with Gasteiger partial charge in [0, 0.05) is 6.54 Å². The Bertz CT molecular complexity index is 274. The molecule has 0 aromatic carbocycles. The Morgan fingerprint density at radius 2 is 1.94 bits per heavy atom. The fourth-order valence-electron chi connectivity index (χ4n) is 2.00. The van der Waals surface area contributed by atoms with Gasteiger partial charge in [-0.1, -0.05) is 26.2 Å². The van der Waals surface area contributed by atoms with E-state index in [0.717, 1.165) is 12.8 Å². The molecule has 1 saturated heterocycles. The molecule has 2 amide bonds. The summed E-state index contributed by atoms with van der Waals surface area (Å²) in [6, 6.07) is 0. The summed E-state index contributed by atoms with van der Waals surface area (Å²) < 4.78 is 0. The quantitative estimate of drug-likeness (QED) is 0.718. The molecule has 1 fully saturated rings. The van der Waals surface area contributed by atoms with E-state index in [2.05, 4.69) is 12.2 Å². The van der Waals surface area contributed by atoms with Crippen LogP contribution in [0, 0.1) is 0 Å². The van der Waals surface area contributed by atoms with Gasteiger partial charge in [0.25, 0.3) is 0 Å². The molecular weight excluding hydrogens is 204 g/mol. The Morgan fingerprint density at radius 1 is 1.25 bits per heavy atom. The average molecular weight is 226 g/mol. The van der Waals surface area contributed by atoms with E-state index in [9.17, 15) is 9.59 Å². The van der Waals surface area contributed by atoms with Crippen LogP contribution in [0.4, 0.5) is 0 Å². The molecule has 0 aliphatic carbocycles. The van der Waals surface area contributed by atoms with Crippen molar-refractivity contribution in [3.05, 3.63) is 0 Å². The Hall–Kier alpha value is -1.06. The van der Waals surface area contributed by atoms with Crippen LogP contribution >= 0.6 is 0 Å². The number of amides is 2. The van der Waals surface area contributed by atoms with Crippen molar-refractivity contribution in [2.45, 2.75) is 52.0 Å². The van der Waals surface area contributed by atoms with Gasteiger partial charge < -0.3 is 10.2 Å². The van der Waals surface area contributed by atoms with Gasteiger partial charge >= 0.3 is 0 Å². The van der Waals surface area contributed by atoms with Gasteiger partial charge in [-0.15, -0.1) is 0 Å². The minimum atomic E-state index is -0.693. The molecule has 1 N–H and O–H groups in total. The molecule has 1 aliphatic rings. The van der Waals surface area contributed by atoms with Crippen molar-refractivity contribution in [1.29, 1.82) is 0 Å². The number of carbonyl (C=O) groups excluding carboxylic acids is 2. The molecule has 16 heavy (non-hydrogen) atoms. The molecule has 0 saturated carbocycles. The van der Waals surface area contributed by atoms with E-state index < -0.39 is 5.54 Å². The Labute approximate surface area is 97.4 Å². The van der Waals surface area contributed by atoms with Crippen molar-refractivity contribution in [3.63, 3.8) is 0 Å². The number of nitrogens with one attached hydrogen (secondary N) is 1. The minimum Gasteiger partial charge on any atom is -0.345 e. The number of unbranched alkanes of at least 4 members (excludes halogenated alkanes) is 3. The fraction of sp³-hybridized carbons (Fsp3) is 0.833. The first-order valence-corrected chi connectivity index (χ1v) is 6.09. The highest BCUT2D eigenvalue weighted by Crippen LogP contribution is 2.19. The number of piperazine rings is 1. The molecular formula is C12H22N2O2. The third kappa shape index (κ3) is 2.74. The number of hydrogen-bond donors (Lipinski definition) is 1. The lowest BCUT2D eigenvalue weighted by molar-refractivity contribution is -0.151. The zero-order valence-electron chi connectivity index (χ0n) is 10.5. The molecule has 1 heterocycles. The van der Waals surface area contributed by atoms with Crippen LogP contribution in [0.5, 0.6) is 0 Å². The first kappa shape index (κ1) is 13.0. The van der Waals surface area contributed by atoms with E-state index in [4.69, 9.17) is 0 Å². The predicted molar refractivity (Wildman–Crippen MR) is 62.9 cm³/mol. The largest absolute Gasteiger partial charge is 0.345 e. The predicted octanol–water partition coefficient (Wildman–Crippen LogP) is 1.30. The van der Waals surface area contributed by atoms with Crippen LogP contribution in [0.25, 0.3) is 0 Å². The third-order valence-electron chi connectivity index (χ3n) is 3.17. The molecule has 0 radical (unpaired) electrons. The maximum atomic E-state index is 11.7. The number of hydrogen-bond acceptors (Lipinski definition) is 2. The van der Waals surface area contributed by atoms with E-state index in [1.165, 1.54) is 12.8 Å². The second-order valence-corrected chi connectivity index (χ2v) is 4.85. The standard InChI is InChI=1S/C12H22N2O2/c1-4-5-6-7-8-14-10(15)9-13-11(16)12(14,2)3/h4-9H2,1-3H3,(H,13,16). The van der Waals surface area contributed by atoms with Gasteiger partial charge in [-0.2, -0.15) is 0 Å². The minimum absolute atomic E-state index is 0.0288. The lowest BCUT2D eigenvalue weighted by atomic mass is 9.98. The summed E-state index contributed by atoms with van der Waals surface area (Å²) >= 11 is 0. The van der Waals surface area contributed by atoms with Crippen LogP contribution in [0.1, 0.15) is 46.5 Å². The van der Waals surface area contributed by atoms with Crippen LogP contribution in [-0.4, -0.2) is 35.3 Å². The fourth-order valence-corrected chi connectivity index (χ4v) is 2.00. The normalized spacial score (nSPS) is 19.8. The van der Waals surface area contributed by atoms with Crippen LogP contribution < -0.4 is 5.32 Å². The Balaban J connectivity index is 2.53. The van der Waals surface area contributed by atoms with Crippen LogP contribution in [-0.2, 0) is 9.59 Å². The molecule has 0 unspecified atom stereocenters. The van der Waals surface area contributed by atoms with Gasteiger partial charge in [0.2, 0.25) is 11.8 Å². The van der Waals surface area contributed by atoms with Gasteiger partial charge in [0.1, 0.15) is 5.54 Å². The second kappa shape index (κ2) is 5.32. The number of nitrogens with zero attached hydrogens (tertiary/aromatic N) is 1. The Kier molecular flexibility index (Phi) is 4.33. The summed E-state index contributed by atoms with van der Waals surface area (Å²) in [7, 11) is 0. The Morgan fingerprint density at radius 3 is 2.56 bits per heavy atom. The second-order valence-electron chi connectivity index (χ2n) is 4.85. The molecule has 1 aliphatic heterocycles. The maximum Gasteiger partial charge on any atom is 0.245 e. The third-order valence-corrected chi connectivity index (χ3v) is 3.17. The van der Waals surface area contributed by atoms with E-state index in [1.54, 1.807) is 18.7 Å². The molecule has 4 nitrogen and oxygen atoms in total. The van der Waals surface area contributed by atoms with Gasteiger partial charge in [0.05, 0.1) is 6.54 Å².